The largest absolute Gasteiger partial charge is 0.496 e. The SMILES string of the molecule is CCc1c(NC)ncnc1Nc1ccc(OC)c(Br)c1. The van der Waals surface area contributed by atoms with Gasteiger partial charge in [0.2, 0.25) is 0 Å². The van der Waals surface area contributed by atoms with Crippen LogP contribution in [0.5, 0.6) is 5.75 Å². The minimum atomic E-state index is 0.796. The molecule has 2 aromatic rings. The Hall–Kier alpha value is -1.82. The quantitative estimate of drug-likeness (QED) is 0.873. The molecule has 106 valence electrons. The number of nitrogens with zero attached hydrogens (tertiary/aromatic N) is 2. The zero-order chi connectivity index (χ0) is 14.5. The highest BCUT2D eigenvalue weighted by atomic mass is 79.9. The van der Waals surface area contributed by atoms with E-state index in [1.807, 2.05) is 25.2 Å². The first-order valence-corrected chi connectivity index (χ1v) is 7.11. The van der Waals surface area contributed by atoms with Crippen molar-refractivity contribution in [1.29, 1.82) is 0 Å². The molecule has 20 heavy (non-hydrogen) atoms. The highest BCUT2D eigenvalue weighted by Gasteiger charge is 2.09. The van der Waals surface area contributed by atoms with Crippen LogP contribution in [0.3, 0.4) is 0 Å². The van der Waals surface area contributed by atoms with Crippen molar-refractivity contribution < 1.29 is 4.74 Å². The van der Waals surface area contributed by atoms with Gasteiger partial charge in [-0.15, -0.1) is 0 Å². The summed E-state index contributed by atoms with van der Waals surface area (Å²) < 4.78 is 6.12. The molecule has 0 bridgehead atoms. The number of halogens is 1. The molecule has 0 fully saturated rings. The van der Waals surface area contributed by atoms with Crippen LogP contribution in [0.1, 0.15) is 12.5 Å². The van der Waals surface area contributed by atoms with Crippen molar-refractivity contribution in [2.45, 2.75) is 13.3 Å². The molecule has 0 amide bonds. The third-order valence-electron chi connectivity index (χ3n) is 2.95. The summed E-state index contributed by atoms with van der Waals surface area (Å²) in [4.78, 5) is 8.54. The molecule has 1 heterocycles. The number of aromatic nitrogens is 2. The lowest BCUT2D eigenvalue weighted by atomic mass is 10.2. The Bertz CT molecular complexity index is 604. The molecule has 0 saturated carbocycles. The fourth-order valence-corrected chi connectivity index (χ4v) is 2.49. The van der Waals surface area contributed by atoms with Gasteiger partial charge in [0.05, 0.1) is 11.6 Å². The lowest BCUT2D eigenvalue weighted by Crippen LogP contribution is -2.04. The molecule has 0 spiro atoms. The smallest absolute Gasteiger partial charge is 0.139 e. The summed E-state index contributed by atoms with van der Waals surface area (Å²) in [7, 11) is 3.50. The summed E-state index contributed by atoms with van der Waals surface area (Å²) in [6, 6.07) is 5.81. The van der Waals surface area contributed by atoms with Crippen LogP contribution in [0.15, 0.2) is 29.0 Å². The zero-order valence-electron chi connectivity index (χ0n) is 11.7. The first-order chi connectivity index (χ1) is 9.69. The van der Waals surface area contributed by atoms with Crippen LogP contribution < -0.4 is 15.4 Å². The van der Waals surface area contributed by atoms with Gasteiger partial charge < -0.3 is 15.4 Å². The van der Waals surface area contributed by atoms with E-state index in [4.69, 9.17) is 4.74 Å². The normalized spacial score (nSPS) is 10.2. The average Bonchev–Trinajstić information content (AvgIpc) is 2.47. The molecular weight excluding hydrogens is 320 g/mol. The van der Waals surface area contributed by atoms with E-state index < -0.39 is 0 Å². The molecule has 1 aromatic carbocycles. The van der Waals surface area contributed by atoms with Gasteiger partial charge in [0.15, 0.2) is 0 Å². The summed E-state index contributed by atoms with van der Waals surface area (Å²) >= 11 is 3.47. The van der Waals surface area contributed by atoms with E-state index in [-0.39, 0.29) is 0 Å². The molecule has 0 radical (unpaired) electrons. The van der Waals surface area contributed by atoms with Gasteiger partial charge in [0, 0.05) is 18.3 Å². The van der Waals surface area contributed by atoms with Crippen molar-refractivity contribution in [1.82, 2.24) is 9.97 Å². The Morgan fingerprint density at radius 3 is 2.60 bits per heavy atom. The zero-order valence-corrected chi connectivity index (χ0v) is 13.3. The predicted octanol–water partition coefficient (Wildman–Crippen LogP) is 3.60. The van der Waals surface area contributed by atoms with E-state index in [1.165, 1.54) is 0 Å². The van der Waals surface area contributed by atoms with Crippen molar-refractivity contribution in [2.24, 2.45) is 0 Å². The van der Waals surface area contributed by atoms with Gasteiger partial charge in [-0.2, -0.15) is 0 Å². The molecule has 0 atom stereocenters. The Labute approximate surface area is 126 Å². The molecule has 0 saturated heterocycles. The van der Waals surface area contributed by atoms with Gasteiger partial charge in [-0.1, -0.05) is 6.92 Å². The summed E-state index contributed by atoms with van der Waals surface area (Å²) in [6.45, 7) is 2.08. The third-order valence-corrected chi connectivity index (χ3v) is 3.57. The maximum absolute atomic E-state index is 5.22. The number of rotatable bonds is 5. The van der Waals surface area contributed by atoms with Crippen LogP contribution in [-0.4, -0.2) is 24.1 Å². The van der Waals surface area contributed by atoms with Gasteiger partial charge in [0.25, 0.3) is 0 Å². The van der Waals surface area contributed by atoms with Crippen LogP contribution in [0.25, 0.3) is 0 Å². The number of hydrogen-bond acceptors (Lipinski definition) is 5. The molecular formula is C14H17BrN4O. The molecule has 1 aromatic heterocycles. The van der Waals surface area contributed by atoms with Crippen LogP contribution in [-0.2, 0) is 6.42 Å². The topological polar surface area (TPSA) is 59.1 Å². The van der Waals surface area contributed by atoms with Crippen molar-refractivity contribution >= 4 is 33.3 Å². The maximum Gasteiger partial charge on any atom is 0.139 e. The lowest BCUT2D eigenvalue weighted by Gasteiger charge is -2.13. The first kappa shape index (κ1) is 14.6. The van der Waals surface area contributed by atoms with Crippen molar-refractivity contribution in [3.05, 3.63) is 34.6 Å². The van der Waals surface area contributed by atoms with Gasteiger partial charge >= 0.3 is 0 Å². The van der Waals surface area contributed by atoms with Crippen LogP contribution in [0.4, 0.5) is 17.3 Å². The van der Waals surface area contributed by atoms with Crippen LogP contribution >= 0.6 is 15.9 Å². The van der Waals surface area contributed by atoms with Crippen molar-refractivity contribution in [3.8, 4) is 5.75 Å². The average molecular weight is 337 g/mol. The van der Waals surface area contributed by atoms with E-state index >= 15 is 0 Å². The van der Waals surface area contributed by atoms with Gasteiger partial charge in [0.1, 0.15) is 23.7 Å². The van der Waals surface area contributed by atoms with Crippen molar-refractivity contribution in [3.63, 3.8) is 0 Å². The minimum Gasteiger partial charge on any atom is -0.496 e. The first-order valence-electron chi connectivity index (χ1n) is 6.31. The highest BCUT2D eigenvalue weighted by molar-refractivity contribution is 9.10. The van der Waals surface area contributed by atoms with Gasteiger partial charge in [-0.05, 0) is 40.5 Å². The van der Waals surface area contributed by atoms with E-state index in [0.717, 1.165) is 39.5 Å². The van der Waals surface area contributed by atoms with Gasteiger partial charge in [-0.3, -0.25) is 0 Å². The van der Waals surface area contributed by atoms with Crippen molar-refractivity contribution in [2.75, 3.05) is 24.8 Å². The molecule has 2 rings (SSSR count). The number of nitrogens with one attached hydrogen (secondary N) is 2. The second kappa shape index (κ2) is 6.56. The highest BCUT2D eigenvalue weighted by Crippen LogP contribution is 2.30. The number of ether oxygens (including phenoxy) is 1. The van der Waals surface area contributed by atoms with Crippen LogP contribution in [0.2, 0.25) is 0 Å². The standard InChI is InChI=1S/C14H17BrN4O/c1-4-10-13(16-2)17-8-18-14(10)19-9-5-6-12(20-3)11(15)7-9/h5-8H,4H2,1-3H3,(H2,16,17,18,19). The summed E-state index contributed by atoms with van der Waals surface area (Å²) in [5.74, 6) is 2.45. The molecule has 2 N–H and O–H groups in total. The van der Waals surface area contributed by atoms with E-state index in [2.05, 4.69) is 43.5 Å². The number of benzene rings is 1. The molecule has 0 aliphatic carbocycles. The monoisotopic (exact) mass is 336 g/mol. The molecule has 0 unspecified atom stereocenters. The van der Waals surface area contributed by atoms with E-state index in [9.17, 15) is 0 Å². The summed E-state index contributed by atoms with van der Waals surface area (Å²) in [6.07, 6.45) is 2.39. The van der Waals surface area contributed by atoms with E-state index in [0.29, 0.717) is 0 Å². The Morgan fingerprint density at radius 1 is 1.25 bits per heavy atom. The number of hydrogen-bond donors (Lipinski definition) is 2. The Morgan fingerprint density at radius 2 is 2.00 bits per heavy atom. The third kappa shape index (κ3) is 3.01. The minimum absolute atomic E-state index is 0.796. The Kier molecular flexibility index (Phi) is 4.79. The lowest BCUT2D eigenvalue weighted by molar-refractivity contribution is 0.412. The molecule has 6 heteroatoms. The number of anilines is 3. The van der Waals surface area contributed by atoms with E-state index in [1.54, 1.807) is 13.4 Å². The summed E-state index contributed by atoms with van der Waals surface area (Å²) in [5, 5.41) is 6.40. The molecule has 5 nitrogen and oxygen atoms in total. The second-order valence-electron chi connectivity index (χ2n) is 4.13. The Balaban J connectivity index is 2.32. The fourth-order valence-electron chi connectivity index (χ4n) is 1.95. The maximum atomic E-state index is 5.22. The summed E-state index contributed by atoms with van der Waals surface area (Å²) in [5.41, 5.74) is 2.00. The number of methoxy groups -OCH3 is 1. The fraction of sp³-hybridized carbons (Fsp3) is 0.286. The molecule has 0 aliphatic heterocycles. The van der Waals surface area contributed by atoms with Crippen LogP contribution in [0, 0.1) is 0 Å². The molecule has 0 aliphatic rings. The van der Waals surface area contributed by atoms with Gasteiger partial charge in [-0.25, -0.2) is 9.97 Å². The predicted molar refractivity (Wildman–Crippen MR) is 84.9 cm³/mol. The second-order valence-corrected chi connectivity index (χ2v) is 4.98.